The Morgan fingerprint density at radius 1 is 1.26 bits per heavy atom. The topological polar surface area (TPSA) is 78.3 Å². The molecule has 0 aliphatic carbocycles. The van der Waals surface area contributed by atoms with Gasteiger partial charge in [-0.1, -0.05) is 16.5 Å². The Morgan fingerprint density at radius 2 is 2.09 bits per heavy atom. The molecule has 7 nitrogen and oxygen atoms in total. The van der Waals surface area contributed by atoms with Crippen LogP contribution < -0.4 is 4.74 Å². The van der Waals surface area contributed by atoms with Crippen molar-refractivity contribution in [1.29, 1.82) is 0 Å². The zero-order chi connectivity index (χ0) is 15.8. The number of nitrogens with zero attached hydrogens (tertiary/aromatic N) is 5. The first-order valence-electron chi connectivity index (χ1n) is 6.72. The highest BCUT2D eigenvalue weighted by Gasteiger charge is 2.16. The van der Waals surface area contributed by atoms with Crippen LogP contribution in [0.5, 0.6) is 5.75 Å². The molecule has 0 aliphatic heterocycles. The number of hydrogen-bond acceptors (Lipinski definition) is 7. The van der Waals surface area contributed by atoms with E-state index in [1.54, 1.807) is 29.6 Å². The Kier molecular flexibility index (Phi) is 3.27. The maximum absolute atomic E-state index is 12.9. The Balaban J connectivity index is 1.57. The number of ether oxygens (including phenoxy) is 1. The van der Waals surface area contributed by atoms with E-state index in [4.69, 9.17) is 9.26 Å². The number of benzene rings is 1. The second-order valence-electron chi connectivity index (χ2n) is 4.78. The number of halogens is 1. The number of rotatable bonds is 4. The fraction of sp³-hybridized carbons (Fsp3) is 0.143. The molecule has 4 rings (SSSR count). The first-order chi connectivity index (χ1) is 11.2. The predicted octanol–water partition coefficient (Wildman–Crippen LogP) is 2.87. The molecular formula is C14H10FN5O2S. The SMILES string of the molecule is Cc1cc(-c2nnc3sc(COc4ccc(F)cc4)nn23)no1. The molecule has 3 aromatic heterocycles. The van der Waals surface area contributed by atoms with Crippen LogP contribution in [0.15, 0.2) is 34.9 Å². The largest absolute Gasteiger partial charge is 0.486 e. The molecule has 0 N–H and O–H groups in total. The third-order valence-corrected chi connectivity index (χ3v) is 3.94. The van der Waals surface area contributed by atoms with E-state index in [0.717, 1.165) is 5.01 Å². The quantitative estimate of drug-likeness (QED) is 0.572. The minimum atomic E-state index is -0.302. The summed E-state index contributed by atoms with van der Waals surface area (Å²) in [6.07, 6.45) is 0. The summed E-state index contributed by atoms with van der Waals surface area (Å²) in [5.41, 5.74) is 0.575. The van der Waals surface area contributed by atoms with Crippen LogP contribution in [0, 0.1) is 12.7 Å². The van der Waals surface area contributed by atoms with Gasteiger partial charge in [0, 0.05) is 6.07 Å². The van der Waals surface area contributed by atoms with Gasteiger partial charge in [0.05, 0.1) is 0 Å². The third kappa shape index (κ3) is 2.66. The molecule has 0 saturated carbocycles. The van der Waals surface area contributed by atoms with E-state index in [-0.39, 0.29) is 12.4 Å². The lowest BCUT2D eigenvalue weighted by Crippen LogP contribution is -1.97. The van der Waals surface area contributed by atoms with Gasteiger partial charge in [-0.05, 0) is 31.2 Å². The molecular weight excluding hydrogens is 321 g/mol. The molecule has 0 atom stereocenters. The zero-order valence-corrected chi connectivity index (χ0v) is 12.7. The van der Waals surface area contributed by atoms with Gasteiger partial charge < -0.3 is 9.26 Å². The van der Waals surface area contributed by atoms with E-state index in [0.29, 0.717) is 28.0 Å². The van der Waals surface area contributed by atoms with Gasteiger partial charge in [-0.2, -0.15) is 9.61 Å². The van der Waals surface area contributed by atoms with Crippen LogP contribution >= 0.6 is 11.3 Å². The summed E-state index contributed by atoms with van der Waals surface area (Å²) in [6, 6.07) is 7.60. The molecule has 0 unspecified atom stereocenters. The van der Waals surface area contributed by atoms with E-state index in [1.807, 2.05) is 0 Å². The van der Waals surface area contributed by atoms with E-state index >= 15 is 0 Å². The highest BCUT2D eigenvalue weighted by molar-refractivity contribution is 7.16. The molecule has 4 aromatic rings. The number of hydrogen-bond donors (Lipinski definition) is 0. The molecule has 0 aliphatic rings. The molecule has 0 bridgehead atoms. The van der Waals surface area contributed by atoms with Crippen molar-refractivity contribution in [3.05, 3.63) is 46.9 Å². The molecule has 23 heavy (non-hydrogen) atoms. The molecule has 0 spiro atoms. The average Bonchev–Trinajstić information content (AvgIpc) is 3.22. The lowest BCUT2D eigenvalue weighted by molar-refractivity contribution is 0.303. The fourth-order valence-electron chi connectivity index (χ4n) is 2.02. The maximum atomic E-state index is 12.9. The monoisotopic (exact) mass is 331 g/mol. The van der Waals surface area contributed by atoms with Gasteiger partial charge in [0.2, 0.25) is 10.8 Å². The Morgan fingerprint density at radius 3 is 2.83 bits per heavy atom. The van der Waals surface area contributed by atoms with Crippen LogP contribution in [-0.4, -0.2) is 25.0 Å². The molecule has 3 heterocycles. The summed E-state index contributed by atoms with van der Waals surface area (Å²) in [6.45, 7) is 2.06. The summed E-state index contributed by atoms with van der Waals surface area (Å²) in [7, 11) is 0. The maximum Gasteiger partial charge on any atom is 0.235 e. The smallest absolute Gasteiger partial charge is 0.235 e. The van der Waals surface area contributed by atoms with Crippen LogP contribution in [0.25, 0.3) is 16.5 Å². The third-order valence-electron chi connectivity index (χ3n) is 3.07. The van der Waals surface area contributed by atoms with Gasteiger partial charge in [0.25, 0.3) is 0 Å². The molecule has 116 valence electrons. The second kappa shape index (κ2) is 5.43. The van der Waals surface area contributed by atoms with Crippen LogP contribution in [-0.2, 0) is 6.61 Å². The zero-order valence-electron chi connectivity index (χ0n) is 11.9. The number of aromatic nitrogens is 5. The summed E-state index contributed by atoms with van der Waals surface area (Å²) in [5.74, 6) is 1.47. The first kappa shape index (κ1) is 13.8. The van der Waals surface area contributed by atoms with Gasteiger partial charge in [0.15, 0.2) is 10.7 Å². The lowest BCUT2D eigenvalue weighted by Gasteiger charge is -2.02. The summed E-state index contributed by atoms with van der Waals surface area (Å²) >= 11 is 1.36. The normalized spacial score (nSPS) is 11.2. The molecule has 0 amide bonds. The molecule has 0 fully saturated rings. The summed E-state index contributed by atoms with van der Waals surface area (Å²) < 4.78 is 25.1. The van der Waals surface area contributed by atoms with E-state index in [9.17, 15) is 4.39 Å². The van der Waals surface area contributed by atoms with Crippen molar-refractivity contribution < 1.29 is 13.7 Å². The Hall–Kier alpha value is -2.81. The van der Waals surface area contributed by atoms with Crippen molar-refractivity contribution >= 4 is 16.3 Å². The number of aryl methyl sites for hydroxylation is 1. The van der Waals surface area contributed by atoms with Crippen LogP contribution in [0.2, 0.25) is 0 Å². The molecule has 0 radical (unpaired) electrons. The average molecular weight is 331 g/mol. The van der Waals surface area contributed by atoms with Crippen LogP contribution in [0.3, 0.4) is 0 Å². The minimum Gasteiger partial charge on any atom is -0.486 e. The van der Waals surface area contributed by atoms with Crippen LogP contribution in [0.4, 0.5) is 4.39 Å². The highest BCUT2D eigenvalue weighted by Crippen LogP contribution is 2.22. The van der Waals surface area contributed by atoms with Gasteiger partial charge in [-0.15, -0.1) is 10.2 Å². The van der Waals surface area contributed by atoms with Crippen molar-refractivity contribution in [3.63, 3.8) is 0 Å². The Bertz CT molecular complexity index is 959. The first-order valence-corrected chi connectivity index (χ1v) is 7.54. The summed E-state index contributed by atoms with van der Waals surface area (Å²) in [5, 5.41) is 17.2. The van der Waals surface area contributed by atoms with Gasteiger partial charge in [-0.25, -0.2) is 4.39 Å². The van der Waals surface area contributed by atoms with Crippen molar-refractivity contribution in [1.82, 2.24) is 25.0 Å². The van der Waals surface area contributed by atoms with Gasteiger partial charge in [-0.3, -0.25) is 0 Å². The second-order valence-corrected chi connectivity index (χ2v) is 5.82. The summed E-state index contributed by atoms with van der Waals surface area (Å²) in [4.78, 5) is 0.637. The fourth-order valence-corrected chi connectivity index (χ4v) is 2.77. The highest BCUT2D eigenvalue weighted by atomic mass is 32.1. The predicted molar refractivity (Wildman–Crippen MR) is 79.6 cm³/mol. The standard InChI is InChI=1S/C14H10FN5O2S/c1-8-6-11(19-22-8)13-16-17-14-20(13)18-12(23-14)7-21-10-4-2-9(15)3-5-10/h2-6H,7H2,1H3. The van der Waals surface area contributed by atoms with Crippen LogP contribution in [0.1, 0.15) is 10.8 Å². The molecule has 9 heteroatoms. The van der Waals surface area contributed by atoms with Crippen molar-refractivity contribution in [3.8, 4) is 17.3 Å². The molecule has 1 aromatic carbocycles. The minimum absolute atomic E-state index is 0.261. The van der Waals surface area contributed by atoms with Crippen molar-refractivity contribution in [2.24, 2.45) is 0 Å². The molecule has 0 saturated heterocycles. The van der Waals surface area contributed by atoms with E-state index in [1.165, 1.54) is 23.5 Å². The van der Waals surface area contributed by atoms with Gasteiger partial charge >= 0.3 is 0 Å². The van der Waals surface area contributed by atoms with Crippen molar-refractivity contribution in [2.75, 3.05) is 0 Å². The Labute approximate surface area is 133 Å². The van der Waals surface area contributed by atoms with E-state index in [2.05, 4.69) is 20.5 Å². The lowest BCUT2D eigenvalue weighted by atomic mass is 10.3. The number of fused-ring (bicyclic) bond motifs is 1. The van der Waals surface area contributed by atoms with Crippen molar-refractivity contribution in [2.45, 2.75) is 13.5 Å². The van der Waals surface area contributed by atoms with Gasteiger partial charge in [0.1, 0.15) is 23.9 Å². The van der Waals surface area contributed by atoms with E-state index < -0.39 is 0 Å².